The molecule has 2 aromatic rings. The van der Waals surface area contributed by atoms with Gasteiger partial charge in [0.25, 0.3) is 0 Å². The fourth-order valence-electron chi connectivity index (χ4n) is 5.09. The van der Waals surface area contributed by atoms with E-state index in [0.717, 1.165) is 24.2 Å². The quantitative estimate of drug-likeness (QED) is 0.644. The van der Waals surface area contributed by atoms with Gasteiger partial charge in [0.2, 0.25) is 5.91 Å². The number of pyridine rings is 1. The minimum absolute atomic E-state index is 0.0750. The monoisotopic (exact) mass is 463 g/mol. The average Bonchev–Trinajstić information content (AvgIpc) is 3.38. The Morgan fingerprint density at radius 1 is 1.00 bits per heavy atom. The lowest BCUT2D eigenvalue weighted by atomic mass is 9.95. The molecular weight excluding hydrogens is 426 g/mol. The molecule has 0 radical (unpaired) electrons. The van der Waals surface area contributed by atoms with Crippen LogP contribution in [0.15, 0.2) is 48.7 Å². The molecule has 1 aliphatic carbocycles. The van der Waals surface area contributed by atoms with E-state index in [2.05, 4.69) is 46.5 Å². The van der Waals surface area contributed by atoms with Gasteiger partial charge in [-0.05, 0) is 54.5 Å². The maximum Gasteiger partial charge on any atom is 0.321 e. The Labute approximate surface area is 202 Å². The molecule has 4 rings (SSSR count). The van der Waals surface area contributed by atoms with Gasteiger partial charge in [-0.1, -0.05) is 44.9 Å². The summed E-state index contributed by atoms with van der Waals surface area (Å²) in [7, 11) is 0. The van der Waals surface area contributed by atoms with Crippen molar-refractivity contribution in [3.63, 3.8) is 0 Å². The van der Waals surface area contributed by atoms with E-state index in [1.807, 2.05) is 35.2 Å². The maximum atomic E-state index is 13.3. The molecule has 0 spiro atoms. The molecule has 1 aromatic carbocycles. The highest BCUT2D eigenvalue weighted by atomic mass is 16.2. The normalized spacial score (nSPS) is 18.1. The number of benzene rings is 1. The summed E-state index contributed by atoms with van der Waals surface area (Å²) in [6, 6.07) is 13.6. The molecule has 1 aromatic heterocycles. The van der Waals surface area contributed by atoms with Crippen LogP contribution in [-0.4, -0.2) is 58.9 Å². The molecule has 1 saturated carbocycles. The SMILES string of the molecule is CC(C)c1ccc(NC(=O)N2CCN([C@@H](C(=O)NCc3ccccn3)C3CCCC3)CC2)cc1. The second-order valence-corrected chi connectivity index (χ2v) is 9.76. The second kappa shape index (κ2) is 11.5. The van der Waals surface area contributed by atoms with E-state index in [-0.39, 0.29) is 18.0 Å². The molecule has 1 aliphatic heterocycles. The highest BCUT2D eigenvalue weighted by Crippen LogP contribution is 2.31. The maximum absolute atomic E-state index is 13.3. The van der Waals surface area contributed by atoms with Gasteiger partial charge >= 0.3 is 6.03 Å². The lowest BCUT2D eigenvalue weighted by Crippen LogP contribution is -2.58. The molecule has 7 heteroatoms. The molecule has 2 aliphatic rings. The van der Waals surface area contributed by atoms with Crippen molar-refractivity contribution in [3.05, 3.63) is 59.9 Å². The molecule has 0 unspecified atom stereocenters. The number of rotatable bonds is 7. The van der Waals surface area contributed by atoms with Crippen molar-refractivity contribution in [2.75, 3.05) is 31.5 Å². The molecule has 3 amide bonds. The van der Waals surface area contributed by atoms with Crippen LogP contribution in [0.4, 0.5) is 10.5 Å². The van der Waals surface area contributed by atoms with Crippen molar-refractivity contribution >= 4 is 17.6 Å². The van der Waals surface area contributed by atoms with E-state index in [1.54, 1.807) is 6.20 Å². The Morgan fingerprint density at radius 2 is 1.71 bits per heavy atom. The van der Waals surface area contributed by atoms with Crippen LogP contribution in [-0.2, 0) is 11.3 Å². The summed E-state index contributed by atoms with van der Waals surface area (Å²) in [5, 5.41) is 6.14. The second-order valence-electron chi connectivity index (χ2n) is 9.76. The van der Waals surface area contributed by atoms with Gasteiger partial charge < -0.3 is 15.5 Å². The molecule has 1 saturated heterocycles. The van der Waals surface area contributed by atoms with E-state index in [4.69, 9.17) is 0 Å². The number of nitrogens with zero attached hydrogens (tertiary/aromatic N) is 3. The number of aromatic nitrogens is 1. The van der Waals surface area contributed by atoms with Crippen LogP contribution in [0.2, 0.25) is 0 Å². The summed E-state index contributed by atoms with van der Waals surface area (Å²) in [6.45, 7) is 7.41. The fourth-order valence-corrected chi connectivity index (χ4v) is 5.09. The number of piperazine rings is 1. The average molecular weight is 464 g/mol. The summed E-state index contributed by atoms with van der Waals surface area (Å²) >= 11 is 0. The zero-order valence-electron chi connectivity index (χ0n) is 20.4. The van der Waals surface area contributed by atoms with Crippen molar-refractivity contribution < 1.29 is 9.59 Å². The summed E-state index contributed by atoms with van der Waals surface area (Å²) in [6.07, 6.45) is 6.31. The summed E-state index contributed by atoms with van der Waals surface area (Å²) < 4.78 is 0. The smallest absolute Gasteiger partial charge is 0.321 e. The van der Waals surface area contributed by atoms with Gasteiger partial charge in [-0.15, -0.1) is 0 Å². The molecule has 1 atom stereocenters. The van der Waals surface area contributed by atoms with Gasteiger partial charge in [0.1, 0.15) is 0 Å². The highest BCUT2D eigenvalue weighted by molar-refractivity contribution is 5.89. The van der Waals surface area contributed by atoms with Crippen LogP contribution in [0.25, 0.3) is 0 Å². The predicted molar refractivity (Wildman–Crippen MR) is 135 cm³/mol. The Hall–Kier alpha value is -2.93. The van der Waals surface area contributed by atoms with Gasteiger partial charge in [-0.3, -0.25) is 14.7 Å². The highest BCUT2D eigenvalue weighted by Gasteiger charge is 2.37. The predicted octanol–water partition coefficient (Wildman–Crippen LogP) is 4.23. The van der Waals surface area contributed by atoms with Gasteiger partial charge in [0, 0.05) is 38.1 Å². The number of anilines is 1. The number of amides is 3. The number of carbonyl (C=O) groups excluding carboxylic acids is 2. The Bertz CT molecular complexity index is 933. The van der Waals surface area contributed by atoms with Gasteiger partial charge in [-0.2, -0.15) is 0 Å². The van der Waals surface area contributed by atoms with E-state index < -0.39 is 0 Å². The molecule has 2 heterocycles. The van der Waals surface area contributed by atoms with Crippen molar-refractivity contribution in [1.29, 1.82) is 0 Å². The third kappa shape index (κ3) is 6.14. The van der Waals surface area contributed by atoms with Crippen LogP contribution in [0.1, 0.15) is 56.7 Å². The molecule has 34 heavy (non-hydrogen) atoms. The van der Waals surface area contributed by atoms with Crippen molar-refractivity contribution in [1.82, 2.24) is 20.1 Å². The Balaban J connectivity index is 1.32. The first kappa shape index (κ1) is 24.2. The number of hydrogen-bond acceptors (Lipinski definition) is 4. The van der Waals surface area contributed by atoms with Gasteiger partial charge in [-0.25, -0.2) is 4.79 Å². The number of carbonyl (C=O) groups is 2. The standard InChI is InChI=1S/C27H37N5O2/c1-20(2)21-10-12-23(13-11-21)30-27(34)32-17-15-31(16-18-32)25(22-7-3-4-8-22)26(33)29-19-24-9-5-6-14-28-24/h5-6,9-14,20,22,25H,3-4,7-8,15-19H2,1-2H3,(H,29,33)(H,30,34)/t25-/m1/s1. The lowest BCUT2D eigenvalue weighted by molar-refractivity contribution is -0.129. The third-order valence-corrected chi connectivity index (χ3v) is 7.11. The number of hydrogen-bond donors (Lipinski definition) is 2. The van der Waals surface area contributed by atoms with Crippen LogP contribution < -0.4 is 10.6 Å². The van der Waals surface area contributed by atoms with Crippen molar-refractivity contribution in [2.24, 2.45) is 5.92 Å². The largest absolute Gasteiger partial charge is 0.349 e. The first-order chi connectivity index (χ1) is 16.5. The van der Waals surface area contributed by atoms with Crippen LogP contribution >= 0.6 is 0 Å². The lowest BCUT2D eigenvalue weighted by Gasteiger charge is -2.40. The van der Waals surface area contributed by atoms with Gasteiger partial charge in [0.15, 0.2) is 0 Å². The van der Waals surface area contributed by atoms with Crippen molar-refractivity contribution in [3.8, 4) is 0 Å². The first-order valence-electron chi connectivity index (χ1n) is 12.6. The topological polar surface area (TPSA) is 77.6 Å². The molecule has 182 valence electrons. The summed E-state index contributed by atoms with van der Waals surface area (Å²) in [5.74, 6) is 0.927. The van der Waals surface area contributed by atoms with E-state index in [1.165, 1.54) is 18.4 Å². The van der Waals surface area contributed by atoms with E-state index >= 15 is 0 Å². The number of urea groups is 1. The first-order valence-corrected chi connectivity index (χ1v) is 12.6. The zero-order valence-corrected chi connectivity index (χ0v) is 20.4. The van der Waals surface area contributed by atoms with Gasteiger partial charge in [0.05, 0.1) is 18.3 Å². The Morgan fingerprint density at radius 3 is 2.32 bits per heavy atom. The third-order valence-electron chi connectivity index (χ3n) is 7.11. The summed E-state index contributed by atoms with van der Waals surface area (Å²) in [4.78, 5) is 34.5. The molecule has 2 N–H and O–H groups in total. The van der Waals surface area contributed by atoms with Crippen LogP contribution in [0.5, 0.6) is 0 Å². The van der Waals surface area contributed by atoms with E-state index in [9.17, 15) is 9.59 Å². The Kier molecular flexibility index (Phi) is 8.16. The fraction of sp³-hybridized carbons (Fsp3) is 0.519. The van der Waals surface area contributed by atoms with Crippen molar-refractivity contribution in [2.45, 2.75) is 58.0 Å². The molecule has 0 bridgehead atoms. The molecular formula is C27H37N5O2. The number of nitrogens with one attached hydrogen (secondary N) is 2. The van der Waals surface area contributed by atoms with Crippen LogP contribution in [0.3, 0.4) is 0 Å². The van der Waals surface area contributed by atoms with Crippen LogP contribution in [0, 0.1) is 5.92 Å². The zero-order chi connectivity index (χ0) is 23.9. The van der Waals surface area contributed by atoms with E-state index in [0.29, 0.717) is 44.6 Å². The summed E-state index contributed by atoms with van der Waals surface area (Å²) in [5.41, 5.74) is 2.93. The minimum atomic E-state index is -0.139. The molecule has 2 fully saturated rings. The minimum Gasteiger partial charge on any atom is -0.349 e. The molecule has 7 nitrogen and oxygen atoms in total.